The average Bonchev–Trinajstić information content (AvgIpc) is 2.34. The van der Waals surface area contributed by atoms with Crippen LogP contribution >= 0.6 is 0 Å². The number of ether oxygens (including phenoxy) is 2. The highest BCUT2D eigenvalue weighted by Crippen LogP contribution is 2.35. The van der Waals surface area contributed by atoms with Gasteiger partial charge in [0.1, 0.15) is 13.4 Å². The number of alkyl halides is 3. The molecule has 0 heterocycles. The number of hydrogen-bond acceptors (Lipinski definition) is 3. The van der Waals surface area contributed by atoms with Gasteiger partial charge < -0.3 is 15.2 Å². The molecule has 0 spiro atoms. The second kappa shape index (κ2) is 6.73. The van der Waals surface area contributed by atoms with Gasteiger partial charge in [-0.25, -0.2) is 0 Å². The molecule has 1 saturated carbocycles. The largest absolute Gasteiger partial charge is 0.411 e. The molecule has 108 valence electrons. The van der Waals surface area contributed by atoms with E-state index in [1.807, 2.05) is 0 Å². The Labute approximate surface area is 106 Å². The Morgan fingerprint density at radius 1 is 1.28 bits per heavy atom. The third kappa shape index (κ3) is 5.12. The van der Waals surface area contributed by atoms with Crippen LogP contribution in [0.15, 0.2) is 0 Å². The minimum atomic E-state index is -4.31. The highest BCUT2D eigenvalue weighted by molar-refractivity contribution is 4.87. The molecule has 0 unspecified atom stereocenters. The number of halogens is 3. The van der Waals surface area contributed by atoms with Crippen LogP contribution in [0.2, 0.25) is 0 Å². The molecular weight excluding hydrogens is 247 g/mol. The van der Waals surface area contributed by atoms with Crippen molar-refractivity contribution in [3.05, 3.63) is 0 Å². The van der Waals surface area contributed by atoms with Crippen LogP contribution in [0.1, 0.15) is 39.0 Å². The van der Waals surface area contributed by atoms with E-state index in [1.54, 1.807) is 0 Å². The molecule has 0 aromatic carbocycles. The van der Waals surface area contributed by atoms with Crippen molar-refractivity contribution >= 4 is 0 Å². The lowest BCUT2D eigenvalue weighted by Crippen LogP contribution is -2.44. The topological polar surface area (TPSA) is 44.5 Å². The van der Waals surface area contributed by atoms with E-state index in [-0.39, 0.29) is 6.79 Å². The van der Waals surface area contributed by atoms with Gasteiger partial charge in [-0.1, -0.05) is 13.3 Å². The van der Waals surface area contributed by atoms with Crippen LogP contribution in [0.4, 0.5) is 13.2 Å². The molecule has 6 heteroatoms. The van der Waals surface area contributed by atoms with Crippen molar-refractivity contribution in [2.24, 2.45) is 11.7 Å². The third-order valence-corrected chi connectivity index (χ3v) is 3.68. The van der Waals surface area contributed by atoms with Gasteiger partial charge in [0.15, 0.2) is 0 Å². The summed E-state index contributed by atoms with van der Waals surface area (Å²) in [6.45, 7) is 0.866. The second-order valence-electron chi connectivity index (χ2n) is 4.96. The highest BCUT2D eigenvalue weighted by atomic mass is 19.4. The molecule has 0 saturated heterocycles. The first-order chi connectivity index (χ1) is 8.41. The number of nitrogens with two attached hydrogens (primary N) is 1. The maximum atomic E-state index is 11.9. The maximum absolute atomic E-state index is 11.9. The Kier molecular flexibility index (Phi) is 5.88. The fourth-order valence-electron chi connectivity index (χ4n) is 2.34. The summed E-state index contributed by atoms with van der Waals surface area (Å²) in [6.07, 6.45) is 0.471. The van der Waals surface area contributed by atoms with E-state index in [2.05, 4.69) is 11.7 Å². The Balaban J connectivity index is 2.29. The van der Waals surface area contributed by atoms with Crippen molar-refractivity contribution in [3.63, 3.8) is 0 Å². The lowest BCUT2D eigenvalue weighted by Gasteiger charge is -2.39. The summed E-state index contributed by atoms with van der Waals surface area (Å²) in [5.74, 6) is 0.685. The van der Waals surface area contributed by atoms with Crippen molar-refractivity contribution in [3.8, 4) is 0 Å². The average molecular weight is 269 g/mol. The zero-order valence-corrected chi connectivity index (χ0v) is 10.8. The van der Waals surface area contributed by atoms with E-state index in [4.69, 9.17) is 10.5 Å². The van der Waals surface area contributed by atoms with Crippen LogP contribution in [0.3, 0.4) is 0 Å². The van der Waals surface area contributed by atoms with E-state index in [9.17, 15) is 13.2 Å². The van der Waals surface area contributed by atoms with Crippen molar-refractivity contribution in [1.29, 1.82) is 0 Å². The van der Waals surface area contributed by atoms with Gasteiger partial charge in [-0.2, -0.15) is 13.2 Å². The maximum Gasteiger partial charge on any atom is 0.411 e. The smallest absolute Gasteiger partial charge is 0.348 e. The molecule has 0 atom stereocenters. The molecule has 0 bridgehead atoms. The number of hydrogen-bond donors (Lipinski definition) is 1. The van der Waals surface area contributed by atoms with Gasteiger partial charge in [0.25, 0.3) is 0 Å². The van der Waals surface area contributed by atoms with E-state index < -0.39 is 18.4 Å². The third-order valence-electron chi connectivity index (χ3n) is 3.68. The lowest BCUT2D eigenvalue weighted by atomic mass is 9.78. The van der Waals surface area contributed by atoms with E-state index in [1.165, 1.54) is 0 Å². The monoisotopic (exact) mass is 269 g/mol. The fraction of sp³-hybridized carbons (Fsp3) is 1.00. The molecule has 0 aliphatic heterocycles. The zero-order chi connectivity index (χ0) is 13.6. The molecule has 1 aliphatic rings. The summed E-state index contributed by atoms with van der Waals surface area (Å²) in [4.78, 5) is 0. The quantitative estimate of drug-likeness (QED) is 0.595. The van der Waals surface area contributed by atoms with Crippen LogP contribution in [-0.4, -0.2) is 31.7 Å². The molecule has 1 rings (SSSR count). The summed E-state index contributed by atoms with van der Waals surface area (Å²) >= 11 is 0. The fourth-order valence-corrected chi connectivity index (χ4v) is 2.34. The summed E-state index contributed by atoms with van der Waals surface area (Å²) in [5.41, 5.74) is 5.20. The zero-order valence-electron chi connectivity index (χ0n) is 10.8. The Hall–Kier alpha value is -0.330. The summed E-state index contributed by atoms with van der Waals surface area (Å²) in [7, 11) is 0. The van der Waals surface area contributed by atoms with Gasteiger partial charge in [0.2, 0.25) is 0 Å². The van der Waals surface area contributed by atoms with Crippen LogP contribution in [0, 0.1) is 5.92 Å². The molecule has 0 amide bonds. The lowest BCUT2D eigenvalue weighted by molar-refractivity contribution is -0.219. The number of rotatable bonds is 6. The van der Waals surface area contributed by atoms with Crippen LogP contribution < -0.4 is 5.73 Å². The van der Waals surface area contributed by atoms with Crippen molar-refractivity contribution in [2.45, 2.75) is 50.8 Å². The predicted octanol–water partition coefficient (Wildman–Crippen LogP) is 2.84. The van der Waals surface area contributed by atoms with E-state index in [0.717, 1.165) is 32.1 Å². The minimum absolute atomic E-state index is 0.332. The summed E-state index contributed by atoms with van der Waals surface area (Å²) < 4.78 is 45.6. The summed E-state index contributed by atoms with van der Waals surface area (Å²) in [6, 6.07) is 0. The molecule has 2 N–H and O–H groups in total. The molecule has 0 aromatic rings. The Bertz CT molecular complexity index is 238. The van der Waals surface area contributed by atoms with Gasteiger partial charge in [0.05, 0.1) is 5.60 Å². The molecule has 1 fully saturated rings. The van der Waals surface area contributed by atoms with E-state index >= 15 is 0 Å². The van der Waals surface area contributed by atoms with Crippen molar-refractivity contribution in [1.82, 2.24) is 0 Å². The van der Waals surface area contributed by atoms with Crippen LogP contribution in [0.5, 0.6) is 0 Å². The highest BCUT2D eigenvalue weighted by Gasteiger charge is 2.35. The van der Waals surface area contributed by atoms with Gasteiger partial charge in [-0.15, -0.1) is 0 Å². The molecule has 0 radical (unpaired) electrons. The SMILES string of the molecule is CCC1CCC(CN)(OCOCC(F)(F)F)CC1. The van der Waals surface area contributed by atoms with Crippen molar-refractivity contribution < 1.29 is 22.6 Å². The first kappa shape index (κ1) is 15.7. The molecule has 1 aliphatic carbocycles. The van der Waals surface area contributed by atoms with Gasteiger partial charge in [-0.3, -0.25) is 0 Å². The molecule has 3 nitrogen and oxygen atoms in total. The van der Waals surface area contributed by atoms with Crippen molar-refractivity contribution in [2.75, 3.05) is 19.9 Å². The first-order valence-corrected chi connectivity index (χ1v) is 6.39. The van der Waals surface area contributed by atoms with E-state index in [0.29, 0.717) is 12.5 Å². The molecular formula is C12H22F3NO2. The standard InChI is InChI=1S/C12H22F3NO2/c1-2-10-3-5-11(7-16,6-4-10)18-9-17-8-12(13,14)15/h10H,2-9,16H2,1H3. The van der Waals surface area contributed by atoms with Gasteiger partial charge in [-0.05, 0) is 31.6 Å². The second-order valence-corrected chi connectivity index (χ2v) is 4.96. The Morgan fingerprint density at radius 3 is 2.33 bits per heavy atom. The van der Waals surface area contributed by atoms with Crippen LogP contribution in [0.25, 0.3) is 0 Å². The summed E-state index contributed by atoms with van der Waals surface area (Å²) in [5, 5.41) is 0. The van der Waals surface area contributed by atoms with Crippen LogP contribution in [-0.2, 0) is 9.47 Å². The molecule has 0 aromatic heterocycles. The first-order valence-electron chi connectivity index (χ1n) is 6.39. The van der Waals surface area contributed by atoms with Gasteiger partial charge in [0, 0.05) is 6.54 Å². The minimum Gasteiger partial charge on any atom is -0.348 e. The van der Waals surface area contributed by atoms with Gasteiger partial charge >= 0.3 is 6.18 Å². The normalized spacial score (nSPS) is 29.5. The predicted molar refractivity (Wildman–Crippen MR) is 62.0 cm³/mol. The Morgan fingerprint density at radius 2 is 1.89 bits per heavy atom. The molecule has 18 heavy (non-hydrogen) atoms.